The van der Waals surface area contributed by atoms with E-state index in [9.17, 15) is 0 Å². The SMILES string of the molecule is c1ccc(-n2c3ccccc3c3ccc4c(c32)-c2ccc3c5ccncc5n5c6ccncc6nc5c3c2C4)cc1. The average molecular weight is 524 g/mol. The monoisotopic (exact) mass is 523 g/mol. The molecule has 5 heterocycles. The molecule has 0 unspecified atom stereocenters. The second kappa shape index (κ2) is 7.55. The molecule has 190 valence electrons. The molecule has 5 nitrogen and oxygen atoms in total. The van der Waals surface area contributed by atoms with E-state index in [0.717, 1.165) is 28.6 Å². The summed E-state index contributed by atoms with van der Waals surface area (Å²) in [5.41, 5.74) is 12.9. The Labute approximate surface area is 234 Å². The molecule has 5 aromatic heterocycles. The molecule has 9 aromatic rings. The molecule has 0 fully saturated rings. The van der Waals surface area contributed by atoms with Gasteiger partial charge in [-0.3, -0.25) is 14.4 Å². The predicted molar refractivity (Wildman–Crippen MR) is 166 cm³/mol. The van der Waals surface area contributed by atoms with E-state index in [2.05, 4.69) is 104 Å². The van der Waals surface area contributed by atoms with Gasteiger partial charge < -0.3 is 4.57 Å². The molecule has 0 amide bonds. The number of benzene rings is 4. The van der Waals surface area contributed by atoms with Gasteiger partial charge in [-0.2, -0.15) is 0 Å². The minimum Gasteiger partial charge on any atom is -0.309 e. The van der Waals surface area contributed by atoms with Crippen molar-refractivity contribution in [2.24, 2.45) is 0 Å². The summed E-state index contributed by atoms with van der Waals surface area (Å²) in [6.45, 7) is 0. The van der Waals surface area contributed by atoms with Crippen LogP contribution in [-0.4, -0.2) is 23.9 Å². The highest BCUT2D eigenvalue weighted by Crippen LogP contribution is 2.48. The van der Waals surface area contributed by atoms with Gasteiger partial charge in [0.25, 0.3) is 0 Å². The number of pyridine rings is 3. The second-order valence-electron chi connectivity index (χ2n) is 10.9. The Morgan fingerprint density at radius 2 is 1.41 bits per heavy atom. The molecule has 1 aliphatic rings. The molecule has 0 atom stereocenters. The van der Waals surface area contributed by atoms with Crippen molar-refractivity contribution < 1.29 is 0 Å². The normalized spacial score (nSPS) is 12.8. The van der Waals surface area contributed by atoms with Crippen molar-refractivity contribution in [2.45, 2.75) is 6.42 Å². The molecular weight excluding hydrogens is 502 g/mol. The number of imidazole rings is 1. The Morgan fingerprint density at radius 3 is 2.37 bits per heavy atom. The second-order valence-corrected chi connectivity index (χ2v) is 10.9. The van der Waals surface area contributed by atoms with Crippen molar-refractivity contribution >= 4 is 60.2 Å². The molecule has 0 bridgehead atoms. The van der Waals surface area contributed by atoms with E-state index in [-0.39, 0.29) is 0 Å². The fourth-order valence-electron chi connectivity index (χ4n) is 7.26. The Kier molecular flexibility index (Phi) is 3.92. The highest BCUT2D eigenvalue weighted by molar-refractivity contribution is 6.20. The van der Waals surface area contributed by atoms with E-state index < -0.39 is 0 Å². The molecule has 1 aliphatic carbocycles. The molecular formula is C36H21N5. The van der Waals surface area contributed by atoms with E-state index in [1.54, 1.807) is 0 Å². The molecule has 41 heavy (non-hydrogen) atoms. The van der Waals surface area contributed by atoms with Gasteiger partial charge in [0.2, 0.25) is 0 Å². The number of fused-ring (bicyclic) bond motifs is 16. The molecule has 0 radical (unpaired) electrons. The van der Waals surface area contributed by atoms with Crippen LogP contribution >= 0.6 is 0 Å². The number of nitrogens with zero attached hydrogens (tertiary/aromatic N) is 5. The van der Waals surface area contributed by atoms with Gasteiger partial charge in [0.1, 0.15) is 11.2 Å². The van der Waals surface area contributed by atoms with Crippen molar-refractivity contribution in [3.63, 3.8) is 0 Å². The maximum absolute atomic E-state index is 5.16. The summed E-state index contributed by atoms with van der Waals surface area (Å²) in [5, 5.41) is 6.16. The van der Waals surface area contributed by atoms with Crippen molar-refractivity contribution in [3.8, 4) is 16.8 Å². The number of aromatic nitrogens is 5. The fraction of sp³-hybridized carbons (Fsp3) is 0.0278. The van der Waals surface area contributed by atoms with Gasteiger partial charge in [0.05, 0.1) is 34.5 Å². The standard InChI is InChI=1S/C36H21N5/c1-2-6-22(7-3-1)40-30-9-5-4-8-23(30)27-11-10-21-18-28-26(33(21)35(27)40)13-12-25-24-14-16-38-20-32(24)41-31-15-17-37-19-29(31)39-36(41)34(25)28/h1-17,19-20H,18H2. The van der Waals surface area contributed by atoms with Crippen LogP contribution in [0.25, 0.3) is 77.0 Å². The highest BCUT2D eigenvalue weighted by atomic mass is 15.0. The summed E-state index contributed by atoms with van der Waals surface area (Å²) in [7, 11) is 0. The van der Waals surface area contributed by atoms with Gasteiger partial charge in [-0.25, -0.2) is 4.98 Å². The first-order chi connectivity index (χ1) is 20.4. The molecule has 5 heteroatoms. The molecule has 0 aliphatic heterocycles. The maximum Gasteiger partial charge on any atom is 0.146 e. The number of hydrogen-bond acceptors (Lipinski definition) is 3. The first-order valence-electron chi connectivity index (χ1n) is 13.9. The minimum absolute atomic E-state index is 0.863. The van der Waals surface area contributed by atoms with E-state index in [0.29, 0.717) is 0 Å². The van der Waals surface area contributed by atoms with Crippen LogP contribution in [-0.2, 0) is 6.42 Å². The summed E-state index contributed by atoms with van der Waals surface area (Å²) < 4.78 is 4.71. The van der Waals surface area contributed by atoms with Gasteiger partial charge >= 0.3 is 0 Å². The van der Waals surface area contributed by atoms with E-state index in [4.69, 9.17) is 4.98 Å². The van der Waals surface area contributed by atoms with Crippen LogP contribution < -0.4 is 0 Å². The zero-order chi connectivity index (χ0) is 26.7. The van der Waals surface area contributed by atoms with Gasteiger partial charge in [-0.15, -0.1) is 0 Å². The smallest absolute Gasteiger partial charge is 0.146 e. The predicted octanol–water partition coefficient (Wildman–Crippen LogP) is 8.25. The van der Waals surface area contributed by atoms with Crippen LogP contribution in [0.4, 0.5) is 0 Å². The van der Waals surface area contributed by atoms with Crippen LogP contribution in [0.5, 0.6) is 0 Å². The van der Waals surface area contributed by atoms with Crippen LogP contribution in [0.1, 0.15) is 11.1 Å². The summed E-state index contributed by atoms with van der Waals surface area (Å²) >= 11 is 0. The van der Waals surface area contributed by atoms with Crippen molar-refractivity contribution in [1.82, 2.24) is 23.9 Å². The Bertz CT molecular complexity index is 2550. The summed E-state index contributed by atoms with van der Waals surface area (Å²) in [4.78, 5) is 14.0. The van der Waals surface area contributed by atoms with Crippen LogP contribution in [0.15, 0.2) is 116 Å². The zero-order valence-corrected chi connectivity index (χ0v) is 21.9. The number of para-hydroxylation sites is 2. The van der Waals surface area contributed by atoms with E-state index in [1.807, 2.05) is 30.9 Å². The molecule has 10 rings (SSSR count). The molecule has 0 saturated carbocycles. The Hall–Kier alpha value is -5.55. The van der Waals surface area contributed by atoms with Crippen LogP contribution in [0.3, 0.4) is 0 Å². The summed E-state index contributed by atoms with van der Waals surface area (Å²) in [6.07, 6.45) is 8.40. The van der Waals surface area contributed by atoms with E-state index >= 15 is 0 Å². The third kappa shape index (κ3) is 2.63. The molecule has 0 saturated heterocycles. The Morgan fingerprint density at radius 1 is 0.610 bits per heavy atom. The first kappa shape index (κ1) is 21.3. The lowest BCUT2D eigenvalue weighted by atomic mass is 9.97. The lowest BCUT2D eigenvalue weighted by Crippen LogP contribution is -1.96. The molecule has 0 N–H and O–H groups in total. The van der Waals surface area contributed by atoms with Crippen LogP contribution in [0.2, 0.25) is 0 Å². The van der Waals surface area contributed by atoms with Crippen molar-refractivity contribution in [1.29, 1.82) is 0 Å². The lowest BCUT2D eigenvalue weighted by Gasteiger charge is -2.13. The van der Waals surface area contributed by atoms with Gasteiger partial charge in [0.15, 0.2) is 0 Å². The third-order valence-corrected chi connectivity index (χ3v) is 8.90. The topological polar surface area (TPSA) is 48.0 Å². The highest BCUT2D eigenvalue weighted by Gasteiger charge is 2.28. The summed E-state index contributed by atoms with van der Waals surface area (Å²) in [6, 6.07) is 32.9. The zero-order valence-electron chi connectivity index (χ0n) is 21.9. The molecule has 4 aromatic carbocycles. The first-order valence-corrected chi connectivity index (χ1v) is 13.9. The van der Waals surface area contributed by atoms with Gasteiger partial charge in [-0.05, 0) is 58.8 Å². The van der Waals surface area contributed by atoms with Gasteiger partial charge in [-0.1, -0.05) is 60.7 Å². The fourth-order valence-corrected chi connectivity index (χ4v) is 7.26. The van der Waals surface area contributed by atoms with Crippen molar-refractivity contribution in [3.05, 3.63) is 127 Å². The quantitative estimate of drug-likeness (QED) is 0.204. The lowest BCUT2D eigenvalue weighted by molar-refractivity contribution is 1.18. The average Bonchev–Trinajstić information content (AvgIpc) is 3.71. The molecule has 0 spiro atoms. The largest absolute Gasteiger partial charge is 0.309 e. The Balaban J connectivity index is 1.40. The van der Waals surface area contributed by atoms with E-state index in [1.165, 1.54) is 65.9 Å². The summed E-state index contributed by atoms with van der Waals surface area (Å²) in [5.74, 6) is 0. The third-order valence-electron chi connectivity index (χ3n) is 8.90. The van der Waals surface area contributed by atoms with Gasteiger partial charge in [0, 0.05) is 45.2 Å². The van der Waals surface area contributed by atoms with Crippen LogP contribution in [0, 0.1) is 0 Å². The van der Waals surface area contributed by atoms with Crippen molar-refractivity contribution in [2.75, 3.05) is 0 Å². The maximum atomic E-state index is 5.16. The number of hydrogen-bond donors (Lipinski definition) is 0. The number of rotatable bonds is 1. The minimum atomic E-state index is 0.863.